The molecule has 3 amide bonds. The third-order valence-corrected chi connectivity index (χ3v) is 2.40. The van der Waals surface area contributed by atoms with E-state index in [2.05, 4.69) is 10.2 Å². The SMILES string of the molecule is CN1CCN(C(=O)NC(=O)CCl)CC1. The lowest BCUT2D eigenvalue weighted by Gasteiger charge is -2.32. The summed E-state index contributed by atoms with van der Waals surface area (Å²) in [5, 5.41) is 2.21. The van der Waals surface area contributed by atoms with Gasteiger partial charge in [0, 0.05) is 26.2 Å². The van der Waals surface area contributed by atoms with Gasteiger partial charge in [0.25, 0.3) is 0 Å². The number of likely N-dealkylation sites (N-methyl/N-ethyl adjacent to an activating group) is 1. The van der Waals surface area contributed by atoms with Gasteiger partial charge in [-0.25, -0.2) is 4.79 Å². The van der Waals surface area contributed by atoms with Crippen molar-refractivity contribution in [1.29, 1.82) is 0 Å². The Morgan fingerprint density at radius 3 is 2.36 bits per heavy atom. The normalized spacial score (nSPS) is 18.0. The summed E-state index contributed by atoms with van der Waals surface area (Å²) in [6.07, 6.45) is 0. The summed E-state index contributed by atoms with van der Waals surface area (Å²) < 4.78 is 0. The Bertz CT molecular complexity index is 227. The molecule has 6 heteroatoms. The summed E-state index contributed by atoms with van der Waals surface area (Å²) in [5.74, 6) is -0.630. The van der Waals surface area contributed by atoms with E-state index in [4.69, 9.17) is 11.6 Å². The topological polar surface area (TPSA) is 52.6 Å². The molecule has 0 atom stereocenters. The van der Waals surface area contributed by atoms with Gasteiger partial charge in [-0.15, -0.1) is 11.6 Å². The van der Waals surface area contributed by atoms with E-state index in [0.717, 1.165) is 13.1 Å². The first-order chi connectivity index (χ1) is 6.63. The predicted molar refractivity (Wildman–Crippen MR) is 53.3 cm³/mol. The molecule has 0 spiro atoms. The summed E-state index contributed by atoms with van der Waals surface area (Å²) in [4.78, 5) is 26.0. The van der Waals surface area contributed by atoms with Crippen LogP contribution in [0.2, 0.25) is 0 Å². The van der Waals surface area contributed by atoms with Crippen LogP contribution in [0, 0.1) is 0 Å². The van der Waals surface area contributed by atoms with Crippen LogP contribution in [0.3, 0.4) is 0 Å². The minimum Gasteiger partial charge on any atom is -0.322 e. The monoisotopic (exact) mass is 219 g/mol. The Morgan fingerprint density at radius 2 is 1.86 bits per heavy atom. The maximum atomic E-state index is 11.4. The van der Waals surface area contributed by atoms with Crippen molar-refractivity contribution in [1.82, 2.24) is 15.1 Å². The lowest BCUT2D eigenvalue weighted by Crippen LogP contribution is -2.51. The summed E-state index contributed by atoms with van der Waals surface area (Å²) in [6.45, 7) is 2.97. The number of nitrogens with one attached hydrogen (secondary N) is 1. The minimum atomic E-state index is -0.449. The zero-order chi connectivity index (χ0) is 10.6. The van der Waals surface area contributed by atoms with Crippen molar-refractivity contribution in [3.8, 4) is 0 Å². The van der Waals surface area contributed by atoms with Crippen molar-refractivity contribution < 1.29 is 9.59 Å². The van der Waals surface area contributed by atoms with Gasteiger partial charge in [0.1, 0.15) is 5.88 Å². The summed E-state index contributed by atoms with van der Waals surface area (Å²) >= 11 is 5.27. The Morgan fingerprint density at radius 1 is 1.29 bits per heavy atom. The second-order valence-corrected chi connectivity index (χ2v) is 3.54. The predicted octanol–water partition coefficient (Wildman–Crippen LogP) is -0.291. The molecule has 1 saturated heterocycles. The van der Waals surface area contributed by atoms with Gasteiger partial charge in [0.2, 0.25) is 5.91 Å². The van der Waals surface area contributed by atoms with Crippen LogP contribution in [0.1, 0.15) is 0 Å². The van der Waals surface area contributed by atoms with Gasteiger partial charge in [0.05, 0.1) is 0 Å². The van der Waals surface area contributed by atoms with Crippen LogP contribution in [0.25, 0.3) is 0 Å². The van der Waals surface area contributed by atoms with Crippen LogP contribution in [-0.4, -0.2) is 60.8 Å². The van der Waals surface area contributed by atoms with Crippen molar-refractivity contribution in [3.05, 3.63) is 0 Å². The molecule has 0 bridgehead atoms. The number of piperazine rings is 1. The molecule has 5 nitrogen and oxygen atoms in total. The first kappa shape index (κ1) is 11.3. The van der Waals surface area contributed by atoms with E-state index < -0.39 is 5.91 Å². The molecule has 14 heavy (non-hydrogen) atoms. The highest BCUT2D eigenvalue weighted by molar-refractivity contribution is 6.28. The highest BCUT2D eigenvalue weighted by Gasteiger charge is 2.19. The largest absolute Gasteiger partial charge is 0.324 e. The van der Waals surface area contributed by atoms with Crippen molar-refractivity contribution in [2.24, 2.45) is 0 Å². The fourth-order valence-corrected chi connectivity index (χ4v) is 1.31. The molecule has 1 aliphatic rings. The number of hydrogen-bond acceptors (Lipinski definition) is 3. The maximum Gasteiger partial charge on any atom is 0.324 e. The average molecular weight is 220 g/mol. The van der Waals surface area contributed by atoms with Gasteiger partial charge in [-0.05, 0) is 7.05 Å². The van der Waals surface area contributed by atoms with Crippen LogP contribution >= 0.6 is 11.6 Å². The molecule has 0 radical (unpaired) electrons. The van der Waals surface area contributed by atoms with Gasteiger partial charge in [-0.3, -0.25) is 10.1 Å². The smallest absolute Gasteiger partial charge is 0.322 e. The van der Waals surface area contributed by atoms with Crippen LogP contribution < -0.4 is 5.32 Å². The number of carbonyl (C=O) groups excluding carboxylic acids is 2. The number of hydrogen-bond donors (Lipinski definition) is 1. The molecule has 1 N–H and O–H groups in total. The lowest BCUT2D eigenvalue weighted by molar-refractivity contribution is -0.117. The van der Waals surface area contributed by atoms with E-state index in [0.29, 0.717) is 13.1 Å². The molecule has 1 aliphatic heterocycles. The summed E-state index contributed by atoms with van der Waals surface area (Å²) in [5.41, 5.74) is 0. The van der Waals surface area contributed by atoms with Gasteiger partial charge >= 0.3 is 6.03 Å². The van der Waals surface area contributed by atoms with Gasteiger partial charge in [0.15, 0.2) is 0 Å². The number of imide groups is 1. The van der Waals surface area contributed by atoms with Crippen molar-refractivity contribution in [2.75, 3.05) is 39.1 Å². The van der Waals surface area contributed by atoms with Crippen LogP contribution in [0.5, 0.6) is 0 Å². The number of amides is 3. The minimum absolute atomic E-state index is 0.181. The molecule has 1 rings (SSSR count). The second kappa shape index (κ2) is 5.17. The van der Waals surface area contributed by atoms with Crippen LogP contribution in [0.15, 0.2) is 0 Å². The molecule has 0 aromatic heterocycles. The fraction of sp³-hybridized carbons (Fsp3) is 0.750. The first-order valence-corrected chi connectivity index (χ1v) is 5.00. The molecular formula is C8H14ClN3O2. The molecule has 0 aliphatic carbocycles. The highest BCUT2D eigenvalue weighted by atomic mass is 35.5. The number of alkyl halides is 1. The fourth-order valence-electron chi connectivity index (χ4n) is 1.24. The molecule has 80 valence electrons. The zero-order valence-corrected chi connectivity index (χ0v) is 8.88. The maximum absolute atomic E-state index is 11.4. The van der Waals surface area contributed by atoms with Crippen LogP contribution in [-0.2, 0) is 4.79 Å². The number of carbonyl (C=O) groups is 2. The Balaban J connectivity index is 2.34. The number of rotatable bonds is 1. The molecule has 0 aromatic carbocycles. The van der Waals surface area contributed by atoms with Gasteiger partial charge in [-0.2, -0.15) is 0 Å². The average Bonchev–Trinajstić information content (AvgIpc) is 2.18. The molecular weight excluding hydrogens is 206 g/mol. The van der Waals surface area contributed by atoms with E-state index in [-0.39, 0.29) is 11.9 Å². The van der Waals surface area contributed by atoms with Crippen molar-refractivity contribution in [2.45, 2.75) is 0 Å². The lowest BCUT2D eigenvalue weighted by atomic mass is 10.3. The number of nitrogens with zero attached hydrogens (tertiary/aromatic N) is 2. The molecule has 0 aromatic rings. The number of urea groups is 1. The molecule has 0 unspecified atom stereocenters. The number of halogens is 1. The molecule has 0 saturated carbocycles. The van der Waals surface area contributed by atoms with Gasteiger partial charge < -0.3 is 9.80 Å². The third-order valence-electron chi connectivity index (χ3n) is 2.16. The Labute approximate surface area is 88.0 Å². The quantitative estimate of drug-likeness (QED) is 0.617. The third kappa shape index (κ3) is 3.16. The van der Waals surface area contributed by atoms with Crippen molar-refractivity contribution >= 4 is 23.5 Å². The zero-order valence-electron chi connectivity index (χ0n) is 8.12. The standard InChI is InChI=1S/C8H14ClN3O2/c1-11-2-4-12(5-3-11)8(14)10-7(13)6-9/h2-6H2,1H3,(H,10,13,14). The second-order valence-electron chi connectivity index (χ2n) is 3.28. The summed E-state index contributed by atoms with van der Waals surface area (Å²) in [7, 11) is 2.00. The van der Waals surface area contributed by atoms with Crippen molar-refractivity contribution in [3.63, 3.8) is 0 Å². The van der Waals surface area contributed by atoms with E-state index in [1.54, 1.807) is 4.90 Å². The highest BCUT2D eigenvalue weighted by Crippen LogP contribution is 1.98. The molecule has 1 fully saturated rings. The first-order valence-electron chi connectivity index (χ1n) is 4.46. The Hall–Kier alpha value is -0.810. The van der Waals surface area contributed by atoms with E-state index in [1.807, 2.05) is 7.05 Å². The summed E-state index contributed by atoms with van der Waals surface area (Å²) in [6, 6.07) is -0.344. The van der Waals surface area contributed by atoms with Crippen LogP contribution in [0.4, 0.5) is 4.79 Å². The van der Waals surface area contributed by atoms with E-state index in [1.165, 1.54) is 0 Å². The van der Waals surface area contributed by atoms with E-state index >= 15 is 0 Å². The Kier molecular flexibility index (Phi) is 4.16. The van der Waals surface area contributed by atoms with Gasteiger partial charge in [-0.1, -0.05) is 0 Å². The van der Waals surface area contributed by atoms with E-state index in [9.17, 15) is 9.59 Å². The molecule has 1 heterocycles.